The van der Waals surface area contributed by atoms with Gasteiger partial charge in [0.15, 0.2) is 17.5 Å². The minimum atomic E-state index is 0.565. The van der Waals surface area contributed by atoms with Gasteiger partial charge in [-0.1, -0.05) is 158 Å². The number of rotatable bonds is 6. The van der Waals surface area contributed by atoms with Gasteiger partial charge in [-0.3, -0.25) is 0 Å². The lowest BCUT2D eigenvalue weighted by atomic mass is 9.90. The summed E-state index contributed by atoms with van der Waals surface area (Å²) in [5, 5.41) is 4.24. The van der Waals surface area contributed by atoms with E-state index < -0.39 is 0 Å². The summed E-state index contributed by atoms with van der Waals surface area (Å²) < 4.78 is 6.92. The van der Waals surface area contributed by atoms with Gasteiger partial charge in [0.25, 0.3) is 0 Å². The molecule has 0 unspecified atom stereocenters. The van der Waals surface area contributed by atoms with Gasteiger partial charge in [-0.05, 0) is 69.1 Å². The Morgan fingerprint density at radius 3 is 1.26 bits per heavy atom. The molecule has 0 aliphatic heterocycles. The van der Waals surface area contributed by atoms with Crippen molar-refractivity contribution in [2.24, 2.45) is 0 Å². The van der Waals surface area contributed by atoms with Crippen LogP contribution in [0, 0.1) is 0 Å². The number of fused-ring (bicyclic) bond motifs is 5. The molecule has 0 fully saturated rings. The van der Waals surface area contributed by atoms with Gasteiger partial charge in [0.1, 0.15) is 11.2 Å². The van der Waals surface area contributed by atoms with E-state index in [1.165, 1.54) is 22.3 Å². The molecule has 53 heavy (non-hydrogen) atoms. The standard InChI is InChI=1S/C49H31N3O/c1-5-16-32(17-6-1)36-28-37(33-18-7-2-8-19-33)30-38(29-36)43-31-44-41-26-15-27-42(45(41)53-46(44)40-25-14-13-24-39(40)43)49-51-47(34-20-9-3-10-21-34)50-48(52-49)35-22-11-4-12-23-35/h1-31H. The molecule has 8 aromatic carbocycles. The zero-order chi connectivity index (χ0) is 35.1. The van der Waals surface area contributed by atoms with Gasteiger partial charge in [0.2, 0.25) is 0 Å². The number of benzene rings is 8. The van der Waals surface area contributed by atoms with Crippen LogP contribution in [0.25, 0.3) is 100 Å². The lowest BCUT2D eigenvalue weighted by Crippen LogP contribution is -2.00. The van der Waals surface area contributed by atoms with E-state index in [9.17, 15) is 0 Å². The van der Waals surface area contributed by atoms with Crippen molar-refractivity contribution in [2.75, 3.05) is 0 Å². The van der Waals surface area contributed by atoms with Gasteiger partial charge in [-0.2, -0.15) is 0 Å². The predicted molar refractivity (Wildman–Crippen MR) is 217 cm³/mol. The summed E-state index contributed by atoms with van der Waals surface area (Å²) in [6.07, 6.45) is 0. The molecule has 4 nitrogen and oxygen atoms in total. The molecule has 0 saturated carbocycles. The molecule has 2 heterocycles. The van der Waals surface area contributed by atoms with Crippen molar-refractivity contribution in [3.8, 4) is 67.5 Å². The number of para-hydroxylation sites is 1. The Hall–Kier alpha value is -7.17. The van der Waals surface area contributed by atoms with Crippen LogP contribution in [0.5, 0.6) is 0 Å². The fraction of sp³-hybridized carbons (Fsp3) is 0. The average Bonchev–Trinajstić information content (AvgIpc) is 3.63. The van der Waals surface area contributed by atoms with Crippen LogP contribution < -0.4 is 0 Å². The molecule has 2 aromatic heterocycles. The van der Waals surface area contributed by atoms with Crippen LogP contribution in [-0.2, 0) is 0 Å². The molecular formula is C49H31N3O. The molecule has 0 radical (unpaired) electrons. The highest BCUT2D eigenvalue weighted by molar-refractivity contribution is 6.20. The Morgan fingerprint density at radius 1 is 0.264 bits per heavy atom. The van der Waals surface area contributed by atoms with E-state index in [0.717, 1.165) is 60.5 Å². The van der Waals surface area contributed by atoms with Crippen LogP contribution >= 0.6 is 0 Å². The maximum absolute atomic E-state index is 6.92. The highest BCUT2D eigenvalue weighted by atomic mass is 16.3. The zero-order valence-electron chi connectivity index (χ0n) is 28.6. The third kappa shape index (κ3) is 5.54. The second kappa shape index (κ2) is 12.9. The second-order valence-corrected chi connectivity index (χ2v) is 13.2. The highest BCUT2D eigenvalue weighted by Crippen LogP contribution is 2.43. The number of nitrogens with zero attached hydrogens (tertiary/aromatic N) is 3. The van der Waals surface area contributed by atoms with Crippen molar-refractivity contribution in [1.29, 1.82) is 0 Å². The van der Waals surface area contributed by atoms with E-state index in [2.05, 4.69) is 121 Å². The van der Waals surface area contributed by atoms with E-state index in [4.69, 9.17) is 19.4 Å². The average molecular weight is 678 g/mol. The summed E-state index contributed by atoms with van der Waals surface area (Å²) in [5.41, 5.74) is 11.2. The lowest BCUT2D eigenvalue weighted by Gasteiger charge is -2.13. The van der Waals surface area contributed by atoms with E-state index in [1.54, 1.807) is 0 Å². The molecule has 0 saturated heterocycles. The van der Waals surface area contributed by atoms with Crippen LogP contribution in [0.1, 0.15) is 0 Å². The third-order valence-electron chi connectivity index (χ3n) is 9.90. The van der Waals surface area contributed by atoms with Gasteiger partial charge in [0.05, 0.1) is 5.56 Å². The topological polar surface area (TPSA) is 51.8 Å². The first-order valence-electron chi connectivity index (χ1n) is 17.8. The summed E-state index contributed by atoms with van der Waals surface area (Å²) in [6.45, 7) is 0. The SMILES string of the molecule is c1ccc(-c2cc(-c3ccccc3)cc(-c3cc4c5cccc(-c6nc(-c7ccccc7)nc(-c7ccccc7)n6)c5oc4c4ccccc34)c2)cc1. The molecule has 10 rings (SSSR count). The van der Waals surface area contributed by atoms with Crippen LogP contribution in [-0.4, -0.2) is 15.0 Å². The van der Waals surface area contributed by atoms with Gasteiger partial charge in [-0.15, -0.1) is 0 Å². The van der Waals surface area contributed by atoms with Crippen LogP contribution in [0.15, 0.2) is 192 Å². The molecule has 0 aliphatic rings. The highest BCUT2D eigenvalue weighted by Gasteiger charge is 2.21. The fourth-order valence-corrected chi connectivity index (χ4v) is 7.34. The monoisotopic (exact) mass is 677 g/mol. The molecular weight excluding hydrogens is 647 g/mol. The summed E-state index contributed by atoms with van der Waals surface area (Å²) in [5.74, 6) is 1.79. The smallest absolute Gasteiger partial charge is 0.167 e. The maximum Gasteiger partial charge on any atom is 0.167 e. The van der Waals surface area contributed by atoms with Crippen molar-refractivity contribution >= 4 is 32.7 Å². The Morgan fingerprint density at radius 2 is 0.698 bits per heavy atom. The maximum atomic E-state index is 6.92. The largest absolute Gasteiger partial charge is 0.455 e. The van der Waals surface area contributed by atoms with E-state index >= 15 is 0 Å². The number of hydrogen-bond donors (Lipinski definition) is 0. The molecule has 0 bridgehead atoms. The van der Waals surface area contributed by atoms with Crippen molar-refractivity contribution in [2.45, 2.75) is 0 Å². The summed E-state index contributed by atoms with van der Waals surface area (Å²) >= 11 is 0. The number of aromatic nitrogens is 3. The summed E-state index contributed by atoms with van der Waals surface area (Å²) in [6, 6.07) is 65.3. The Labute approximate surface area is 306 Å². The third-order valence-corrected chi connectivity index (χ3v) is 9.90. The van der Waals surface area contributed by atoms with Crippen molar-refractivity contribution in [1.82, 2.24) is 15.0 Å². The quantitative estimate of drug-likeness (QED) is 0.176. The van der Waals surface area contributed by atoms with Gasteiger partial charge < -0.3 is 4.42 Å². The molecule has 0 amide bonds. The van der Waals surface area contributed by atoms with Gasteiger partial charge in [-0.25, -0.2) is 15.0 Å². The van der Waals surface area contributed by atoms with Gasteiger partial charge >= 0.3 is 0 Å². The fourth-order valence-electron chi connectivity index (χ4n) is 7.34. The molecule has 10 aromatic rings. The first-order chi connectivity index (χ1) is 26.3. The summed E-state index contributed by atoms with van der Waals surface area (Å²) in [7, 11) is 0. The lowest BCUT2D eigenvalue weighted by molar-refractivity contribution is 0.673. The Balaban J connectivity index is 1.22. The van der Waals surface area contributed by atoms with Crippen LogP contribution in [0.4, 0.5) is 0 Å². The Bertz CT molecular complexity index is 2810. The van der Waals surface area contributed by atoms with Crippen LogP contribution in [0.2, 0.25) is 0 Å². The second-order valence-electron chi connectivity index (χ2n) is 13.2. The van der Waals surface area contributed by atoms with Crippen molar-refractivity contribution in [3.63, 3.8) is 0 Å². The molecule has 4 heteroatoms. The van der Waals surface area contributed by atoms with E-state index in [0.29, 0.717) is 17.5 Å². The molecule has 248 valence electrons. The summed E-state index contributed by atoms with van der Waals surface area (Å²) in [4.78, 5) is 15.0. The first-order valence-corrected chi connectivity index (χ1v) is 17.8. The minimum Gasteiger partial charge on any atom is -0.455 e. The molecule has 0 N–H and O–H groups in total. The molecule has 0 spiro atoms. The number of hydrogen-bond acceptors (Lipinski definition) is 4. The Kier molecular flexibility index (Phi) is 7.43. The van der Waals surface area contributed by atoms with Crippen molar-refractivity contribution in [3.05, 3.63) is 188 Å². The molecule has 0 atom stereocenters. The zero-order valence-corrected chi connectivity index (χ0v) is 28.6. The predicted octanol–water partition coefficient (Wildman–Crippen LogP) is 12.9. The van der Waals surface area contributed by atoms with E-state index in [-0.39, 0.29) is 0 Å². The normalized spacial score (nSPS) is 11.4. The van der Waals surface area contributed by atoms with E-state index in [1.807, 2.05) is 66.7 Å². The number of furan rings is 1. The first kappa shape index (κ1) is 30.6. The molecule has 0 aliphatic carbocycles. The van der Waals surface area contributed by atoms with Crippen LogP contribution in [0.3, 0.4) is 0 Å². The van der Waals surface area contributed by atoms with Crippen molar-refractivity contribution < 1.29 is 4.42 Å². The van der Waals surface area contributed by atoms with Gasteiger partial charge in [0, 0.05) is 27.3 Å². The minimum absolute atomic E-state index is 0.565.